The molecule has 3 rings (SSSR count). The van der Waals surface area contributed by atoms with E-state index in [0.29, 0.717) is 29.4 Å². The average molecular weight is 264 g/mol. The molecule has 19 heavy (non-hydrogen) atoms. The molecule has 1 aromatic rings. The lowest BCUT2D eigenvalue weighted by atomic mass is 10.1. The summed E-state index contributed by atoms with van der Waals surface area (Å²) in [4.78, 5) is 11.1. The zero-order valence-corrected chi connectivity index (χ0v) is 10.6. The predicted molar refractivity (Wildman–Crippen MR) is 67.0 cm³/mol. The minimum absolute atomic E-state index is 0.110. The fourth-order valence-electron chi connectivity index (χ4n) is 2.28. The fourth-order valence-corrected chi connectivity index (χ4v) is 2.28. The Bertz CT molecular complexity index is 465. The van der Waals surface area contributed by atoms with E-state index in [9.17, 15) is 4.79 Å². The van der Waals surface area contributed by atoms with Gasteiger partial charge in [-0.25, -0.2) is 0 Å². The number of hydrogen-bond acceptors (Lipinski definition) is 5. The molecule has 0 aromatic heterocycles. The molecule has 1 aromatic carbocycles. The summed E-state index contributed by atoms with van der Waals surface area (Å²) in [5.41, 5.74) is 0.472. The first kappa shape index (κ1) is 12.3. The highest BCUT2D eigenvalue weighted by Crippen LogP contribution is 2.37. The zero-order valence-electron chi connectivity index (χ0n) is 10.6. The minimum Gasteiger partial charge on any atom is -0.490 e. The van der Waals surface area contributed by atoms with Gasteiger partial charge in [0.05, 0.1) is 11.7 Å². The molecular formula is C14H16O5. The van der Waals surface area contributed by atoms with E-state index in [4.69, 9.17) is 18.9 Å². The molecule has 0 saturated carbocycles. The van der Waals surface area contributed by atoms with Gasteiger partial charge in [-0.15, -0.1) is 0 Å². The lowest BCUT2D eigenvalue weighted by molar-refractivity contribution is -0.0112. The van der Waals surface area contributed by atoms with E-state index >= 15 is 0 Å². The van der Waals surface area contributed by atoms with Crippen LogP contribution in [0.15, 0.2) is 12.1 Å². The van der Waals surface area contributed by atoms with Gasteiger partial charge in [0.1, 0.15) is 12.4 Å². The van der Waals surface area contributed by atoms with Crippen molar-refractivity contribution in [1.82, 2.24) is 0 Å². The Balaban J connectivity index is 1.70. The summed E-state index contributed by atoms with van der Waals surface area (Å²) >= 11 is 0. The summed E-state index contributed by atoms with van der Waals surface area (Å²) in [7, 11) is 0. The van der Waals surface area contributed by atoms with E-state index in [0.717, 1.165) is 32.2 Å². The van der Waals surface area contributed by atoms with E-state index < -0.39 is 0 Å². The summed E-state index contributed by atoms with van der Waals surface area (Å²) in [6.07, 6.45) is 4.15. The summed E-state index contributed by atoms with van der Waals surface area (Å²) in [5, 5.41) is 0. The van der Waals surface area contributed by atoms with Crippen molar-refractivity contribution in [3.63, 3.8) is 0 Å². The lowest BCUT2D eigenvalue weighted by Crippen LogP contribution is -2.26. The SMILES string of the molecule is O=Cc1cc2c(cc1OCC1CCCCO1)OCO2. The van der Waals surface area contributed by atoms with Crippen LogP contribution in [0.5, 0.6) is 17.2 Å². The van der Waals surface area contributed by atoms with Gasteiger partial charge in [-0.05, 0) is 25.3 Å². The van der Waals surface area contributed by atoms with Crippen molar-refractivity contribution in [2.24, 2.45) is 0 Å². The van der Waals surface area contributed by atoms with Crippen LogP contribution in [0, 0.1) is 0 Å². The van der Waals surface area contributed by atoms with Gasteiger partial charge in [0.25, 0.3) is 0 Å². The van der Waals surface area contributed by atoms with E-state index in [1.165, 1.54) is 0 Å². The molecule has 0 radical (unpaired) electrons. The molecule has 0 amide bonds. The molecule has 1 saturated heterocycles. The molecule has 5 nitrogen and oxygen atoms in total. The molecule has 0 N–H and O–H groups in total. The normalized spacial score (nSPS) is 21.2. The maximum Gasteiger partial charge on any atom is 0.231 e. The third-order valence-corrected chi connectivity index (χ3v) is 3.33. The van der Waals surface area contributed by atoms with Gasteiger partial charge >= 0.3 is 0 Å². The fraction of sp³-hybridized carbons (Fsp3) is 0.500. The molecule has 2 aliphatic rings. The van der Waals surface area contributed by atoms with Crippen molar-refractivity contribution in [2.75, 3.05) is 20.0 Å². The molecule has 1 atom stereocenters. The quantitative estimate of drug-likeness (QED) is 0.780. The molecule has 102 valence electrons. The van der Waals surface area contributed by atoms with Crippen molar-refractivity contribution in [2.45, 2.75) is 25.4 Å². The number of carbonyl (C=O) groups is 1. The Morgan fingerprint density at radius 1 is 1.26 bits per heavy atom. The number of carbonyl (C=O) groups excluding carboxylic acids is 1. The van der Waals surface area contributed by atoms with Gasteiger partial charge < -0.3 is 18.9 Å². The largest absolute Gasteiger partial charge is 0.490 e. The monoisotopic (exact) mass is 264 g/mol. The van der Waals surface area contributed by atoms with Gasteiger partial charge in [-0.3, -0.25) is 4.79 Å². The molecule has 0 aliphatic carbocycles. The van der Waals surface area contributed by atoms with Crippen molar-refractivity contribution < 1.29 is 23.7 Å². The number of benzene rings is 1. The second kappa shape index (κ2) is 5.48. The van der Waals surface area contributed by atoms with Crippen molar-refractivity contribution in [1.29, 1.82) is 0 Å². The molecule has 1 unspecified atom stereocenters. The highest BCUT2D eigenvalue weighted by Gasteiger charge is 2.20. The molecule has 1 fully saturated rings. The Morgan fingerprint density at radius 2 is 2.11 bits per heavy atom. The van der Waals surface area contributed by atoms with E-state index in [1.807, 2.05) is 0 Å². The standard InChI is InChI=1S/C14H16O5/c15-7-10-5-13-14(19-9-18-13)6-12(10)17-8-11-3-1-2-4-16-11/h5-7,11H,1-4,8-9H2. The molecule has 2 heterocycles. The molecule has 2 aliphatic heterocycles. The van der Waals surface area contributed by atoms with Crippen LogP contribution in [-0.2, 0) is 4.74 Å². The van der Waals surface area contributed by atoms with E-state index in [1.54, 1.807) is 12.1 Å². The lowest BCUT2D eigenvalue weighted by Gasteiger charge is -2.23. The second-order valence-corrected chi connectivity index (χ2v) is 4.66. The van der Waals surface area contributed by atoms with Crippen LogP contribution in [0.25, 0.3) is 0 Å². The zero-order chi connectivity index (χ0) is 13.1. The topological polar surface area (TPSA) is 54.0 Å². The van der Waals surface area contributed by atoms with Crippen LogP contribution in [-0.4, -0.2) is 32.4 Å². The Morgan fingerprint density at radius 3 is 2.84 bits per heavy atom. The maximum absolute atomic E-state index is 11.1. The molecule has 0 bridgehead atoms. The van der Waals surface area contributed by atoms with E-state index in [-0.39, 0.29) is 12.9 Å². The number of ether oxygens (including phenoxy) is 4. The Labute approximate surface area is 111 Å². The minimum atomic E-state index is 0.110. The predicted octanol–water partition coefficient (Wildman–Crippen LogP) is 2.18. The van der Waals surface area contributed by atoms with Crippen LogP contribution in [0.2, 0.25) is 0 Å². The van der Waals surface area contributed by atoms with Crippen molar-refractivity contribution >= 4 is 6.29 Å². The highest BCUT2D eigenvalue weighted by molar-refractivity contribution is 5.81. The second-order valence-electron chi connectivity index (χ2n) is 4.66. The number of hydrogen-bond donors (Lipinski definition) is 0. The van der Waals surface area contributed by atoms with Gasteiger partial charge in [-0.2, -0.15) is 0 Å². The molecule has 5 heteroatoms. The number of aldehydes is 1. The third-order valence-electron chi connectivity index (χ3n) is 3.33. The smallest absolute Gasteiger partial charge is 0.231 e. The van der Waals surface area contributed by atoms with Gasteiger partial charge in [0, 0.05) is 12.7 Å². The summed E-state index contributed by atoms with van der Waals surface area (Å²) < 4.78 is 21.8. The molecule has 0 spiro atoms. The molecular weight excluding hydrogens is 248 g/mol. The third kappa shape index (κ3) is 2.66. The van der Waals surface area contributed by atoms with Crippen LogP contribution >= 0.6 is 0 Å². The van der Waals surface area contributed by atoms with Crippen LogP contribution in [0.3, 0.4) is 0 Å². The van der Waals surface area contributed by atoms with Gasteiger partial charge in [0.2, 0.25) is 6.79 Å². The van der Waals surface area contributed by atoms with Crippen LogP contribution in [0.1, 0.15) is 29.6 Å². The van der Waals surface area contributed by atoms with Crippen molar-refractivity contribution in [3.05, 3.63) is 17.7 Å². The van der Waals surface area contributed by atoms with Crippen LogP contribution in [0.4, 0.5) is 0 Å². The summed E-state index contributed by atoms with van der Waals surface area (Å²) in [5.74, 6) is 1.72. The Hall–Kier alpha value is -1.75. The first-order valence-corrected chi connectivity index (χ1v) is 6.50. The van der Waals surface area contributed by atoms with Gasteiger partial charge in [-0.1, -0.05) is 0 Å². The maximum atomic E-state index is 11.1. The number of rotatable bonds is 4. The van der Waals surface area contributed by atoms with E-state index in [2.05, 4.69) is 0 Å². The van der Waals surface area contributed by atoms with Gasteiger partial charge in [0.15, 0.2) is 17.8 Å². The Kier molecular flexibility index (Phi) is 3.55. The first-order valence-electron chi connectivity index (χ1n) is 6.50. The summed E-state index contributed by atoms with van der Waals surface area (Å²) in [6.45, 7) is 1.43. The number of fused-ring (bicyclic) bond motifs is 1. The van der Waals surface area contributed by atoms with Crippen molar-refractivity contribution in [3.8, 4) is 17.2 Å². The highest BCUT2D eigenvalue weighted by atomic mass is 16.7. The summed E-state index contributed by atoms with van der Waals surface area (Å²) in [6, 6.07) is 3.35. The first-order chi connectivity index (χ1) is 9.36. The average Bonchev–Trinajstić information content (AvgIpc) is 2.92. The van der Waals surface area contributed by atoms with Crippen LogP contribution < -0.4 is 14.2 Å².